The minimum atomic E-state index is -0.522. The van der Waals surface area contributed by atoms with Gasteiger partial charge in [0.1, 0.15) is 5.75 Å². The number of rotatable bonds is 8. The molecule has 2 rings (SSSR count). The predicted octanol–water partition coefficient (Wildman–Crippen LogP) is 2.64. The van der Waals surface area contributed by atoms with Crippen molar-refractivity contribution >= 4 is 39.6 Å². The van der Waals surface area contributed by atoms with Crippen molar-refractivity contribution in [1.82, 2.24) is 10.7 Å². The second-order valence-corrected chi connectivity index (χ2v) is 6.35. The summed E-state index contributed by atoms with van der Waals surface area (Å²) in [6.45, 7) is 0.135. The summed E-state index contributed by atoms with van der Waals surface area (Å²) in [6.07, 6.45) is 1.33. The summed E-state index contributed by atoms with van der Waals surface area (Å²) < 4.78 is 5.37. The van der Waals surface area contributed by atoms with Crippen molar-refractivity contribution in [3.63, 3.8) is 0 Å². The fourth-order valence-corrected chi connectivity index (χ4v) is 2.51. The number of hydrogen-bond donors (Lipinski definition) is 2. The predicted molar refractivity (Wildman–Crippen MR) is 106 cm³/mol. The van der Waals surface area contributed by atoms with Gasteiger partial charge in [-0.3, -0.25) is 19.7 Å². The maximum Gasteiger partial charge on any atom is 0.284 e. The van der Waals surface area contributed by atoms with Crippen LogP contribution in [0.5, 0.6) is 5.75 Å². The zero-order valence-corrected chi connectivity index (χ0v) is 16.4. The molecule has 0 spiro atoms. The third-order valence-electron chi connectivity index (χ3n) is 3.56. The highest BCUT2D eigenvalue weighted by Crippen LogP contribution is 2.24. The summed E-state index contributed by atoms with van der Waals surface area (Å²) in [5, 5.41) is 17.3. The van der Waals surface area contributed by atoms with Crippen LogP contribution in [-0.2, 0) is 4.79 Å². The highest BCUT2D eigenvalue weighted by Gasteiger charge is 2.11. The van der Waals surface area contributed by atoms with Crippen molar-refractivity contribution in [2.75, 3.05) is 13.7 Å². The summed E-state index contributed by atoms with van der Waals surface area (Å²) >= 11 is 3.09. The van der Waals surface area contributed by atoms with E-state index in [1.165, 1.54) is 25.5 Å². The zero-order chi connectivity index (χ0) is 20.5. The summed E-state index contributed by atoms with van der Waals surface area (Å²) in [5.41, 5.74) is 3.12. The molecule has 0 saturated carbocycles. The number of hydrogen-bond acceptors (Lipinski definition) is 6. The Labute approximate surface area is 169 Å². The Kier molecular flexibility index (Phi) is 7.64. The van der Waals surface area contributed by atoms with Gasteiger partial charge in [0.2, 0.25) is 5.91 Å². The number of nitro benzene ring substituents is 1. The van der Waals surface area contributed by atoms with Crippen LogP contribution in [0, 0.1) is 10.1 Å². The molecule has 0 unspecified atom stereocenters. The third-order valence-corrected chi connectivity index (χ3v) is 4.23. The number of hydrazone groups is 1. The van der Waals surface area contributed by atoms with Gasteiger partial charge < -0.3 is 10.1 Å². The lowest BCUT2D eigenvalue weighted by molar-refractivity contribution is -0.385. The van der Waals surface area contributed by atoms with Gasteiger partial charge in [-0.1, -0.05) is 6.07 Å². The van der Waals surface area contributed by atoms with Gasteiger partial charge in [-0.15, -0.1) is 0 Å². The maximum atomic E-state index is 12.0. The number of methoxy groups -OCH3 is 1. The number of nitrogens with zero attached hydrogens (tertiary/aromatic N) is 2. The minimum Gasteiger partial charge on any atom is -0.497 e. The average Bonchev–Trinajstić information content (AvgIpc) is 2.69. The number of amides is 2. The normalized spacial score (nSPS) is 10.5. The van der Waals surface area contributed by atoms with Gasteiger partial charge >= 0.3 is 0 Å². The van der Waals surface area contributed by atoms with Gasteiger partial charge in [0.25, 0.3) is 11.6 Å². The standard InChI is InChI=1S/C18H17BrN4O5/c1-28-14-5-3-13(4-6-14)18(25)20-9-8-17(24)22-21-11-12-2-7-15(19)16(10-12)23(26)27/h2-7,10-11H,8-9H2,1H3,(H,20,25)(H,22,24). The maximum absolute atomic E-state index is 12.0. The van der Waals surface area contributed by atoms with Crippen LogP contribution in [0.3, 0.4) is 0 Å². The Morgan fingerprint density at radius 1 is 1.25 bits per heavy atom. The molecule has 0 atom stereocenters. The largest absolute Gasteiger partial charge is 0.497 e. The molecule has 2 aromatic rings. The Bertz CT molecular complexity index is 899. The topological polar surface area (TPSA) is 123 Å². The molecule has 0 heterocycles. The molecule has 0 fully saturated rings. The van der Waals surface area contributed by atoms with Crippen molar-refractivity contribution in [2.24, 2.45) is 5.10 Å². The first-order valence-corrected chi connectivity index (χ1v) is 8.88. The van der Waals surface area contributed by atoms with E-state index in [1.807, 2.05) is 0 Å². The Hall–Kier alpha value is -3.27. The lowest BCUT2D eigenvalue weighted by atomic mass is 10.2. The van der Waals surface area contributed by atoms with E-state index < -0.39 is 10.8 Å². The van der Waals surface area contributed by atoms with Gasteiger partial charge in [0.05, 0.1) is 22.7 Å². The van der Waals surface area contributed by atoms with Crippen molar-refractivity contribution in [1.29, 1.82) is 0 Å². The van der Waals surface area contributed by atoms with Crippen LogP contribution in [0.4, 0.5) is 5.69 Å². The van der Waals surface area contributed by atoms with Crippen LogP contribution in [-0.4, -0.2) is 36.6 Å². The first-order valence-electron chi connectivity index (χ1n) is 8.09. The summed E-state index contributed by atoms with van der Waals surface area (Å²) in [5.74, 6) is -0.0658. The van der Waals surface area contributed by atoms with Crippen LogP contribution in [0.25, 0.3) is 0 Å². The Morgan fingerprint density at radius 3 is 2.61 bits per heavy atom. The molecule has 10 heteroatoms. The first-order chi connectivity index (χ1) is 13.4. The number of carbonyl (C=O) groups excluding carboxylic acids is 2. The van der Waals surface area contributed by atoms with E-state index in [1.54, 1.807) is 30.3 Å². The summed E-state index contributed by atoms with van der Waals surface area (Å²) in [6, 6.07) is 11.0. The molecule has 2 aromatic carbocycles. The lowest BCUT2D eigenvalue weighted by Gasteiger charge is -2.05. The van der Waals surface area contributed by atoms with E-state index in [0.717, 1.165) is 0 Å². The van der Waals surface area contributed by atoms with Crippen molar-refractivity contribution < 1.29 is 19.2 Å². The molecule has 146 valence electrons. The second kappa shape index (κ2) is 10.2. The Morgan fingerprint density at radius 2 is 1.96 bits per heavy atom. The van der Waals surface area contributed by atoms with E-state index in [0.29, 0.717) is 21.3 Å². The molecule has 2 amide bonds. The van der Waals surface area contributed by atoms with Gasteiger partial charge in [0, 0.05) is 30.2 Å². The monoisotopic (exact) mass is 448 g/mol. The minimum absolute atomic E-state index is 0.0275. The molecular formula is C18H17BrN4O5. The SMILES string of the molecule is COc1ccc(C(=O)NCCC(=O)NN=Cc2ccc(Br)c([N+](=O)[O-])c2)cc1. The second-order valence-electron chi connectivity index (χ2n) is 5.50. The number of halogens is 1. The molecule has 9 nitrogen and oxygen atoms in total. The van der Waals surface area contributed by atoms with Gasteiger partial charge in [0.15, 0.2) is 0 Å². The quantitative estimate of drug-likeness (QED) is 0.365. The number of nitrogens with one attached hydrogen (secondary N) is 2. The molecule has 0 bridgehead atoms. The number of nitro groups is 1. The molecule has 0 aliphatic rings. The molecule has 0 aliphatic carbocycles. The van der Waals surface area contributed by atoms with E-state index in [2.05, 4.69) is 31.8 Å². The molecule has 0 saturated heterocycles. The first kappa shape index (κ1) is 21.0. The average molecular weight is 449 g/mol. The fourth-order valence-electron chi connectivity index (χ4n) is 2.12. The van der Waals surface area contributed by atoms with E-state index in [4.69, 9.17) is 4.74 Å². The molecule has 28 heavy (non-hydrogen) atoms. The third kappa shape index (κ3) is 6.16. The van der Waals surface area contributed by atoms with E-state index in [9.17, 15) is 19.7 Å². The van der Waals surface area contributed by atoms with E-state index >= 15 is 0 Å². The number of benzene rings is 2. The highest BCUT2D eigenvalue weighted by molar-refractivity contribution is 9.10. The lowest BCUT2D eigenvalue weighted by Crippen LogP contribution is -2.29. The number of carbonyl (C=O) groups is 2. The van der Waals surface area contributed by atoms with Gasteiger partial charge in [-0.25, -0.2) is 5.43 Å². The molecule has 0 radical (unpaired) electrons. The summed E-state index contributed by atoms with van der Waals surface area (Å²) in [4.78, 5) is 34.1. The number of ether oxygens (including phenoxy) is 1. The highest BCUT2D eigenvalue weighted by atomic mass is 79.9. The van der Waals surface area contributed by atoms with Crippen molar-refractivity contribution in [3.8, 4) is 5.75 Å². The van der Waals surface area contributed by atoms with Gasteiger partial charge in [-0.05, 0) is 46.3 Å². The Balaban J connectivity index is 1.78. The fraction of sp³-hybridized carbons (Fsp3) is 0.167. The zero-order valence-electron chi connectivity index (χ0n) is 14.8. The molecule has 0 aliphatic heterocycles. The smallest absolute Gasteiger partial charge is 0.284 e. The molecule has 2 N–H and O–H groups in total. The molecule has 0 aromatic heterocycles. The van der Waals surface area contributed by atoms with Crippen LogP contribution in [0.15, 0.2) is 52.0 Å². The van der Waals surface area contributed by atoms with Crippen LogP contribution in [0.1, 0.15) is 22.3 Å². The molecular weight excluding hydrogens is 432 g/mol. The summed E-state index contributed by atoms with van der Waals surface area (Å²) in [7, 11) is 1.54. The van der Waals surface area contributed by atoms with Crippen molar-refractivity contribution in [2.45, 2.75) is 6.42 Å². The van der Waals surface area contributed by atoms with Crippen LogP contribution >= 0.6 is 15.9 Å². The van der Waals surface area contributed by atoms with Crippen LogP contribution in [0.2, 0.25) is 0 Å². The van der Waals surface area contributed by atoms with Crippen molar-refractivity contribution in [3.05, 3.63) is 68.2 Å². The van der Waals surface area contributed by atoms with E-state index in [-0.39, 0.29) is 24.6 Å². The van der Waals surface area contributed by atoms with Gasteiger partial charge in [-0.2, -0.15) is 5.10 Å². The van der Waals surface area contributed by atoms with Crippen LogP contribution < -0.4 is 15.5 Å².